The van der Waals surface area contributed by atoms with Crippen molar-refractivity contribution in [2.24, 2.45) is 0 Å². The third-order valence-electron chi connectivity index (χ3n) is 5.02. The van der Waals surface area contributed by atoms with E-state index < -0.39 is 9.84 Å². The number of carbonyl (C=O) groups excluding carboxylic acids is 1. The molecule has 6 nitrogen and oxygen atoms in total. The zero-order valence-electron chi connectivity index (χ0n) is 16.4. The van der Waals surface area contributed by atoms with Gasteiger partial charge in [0.2, 0.25) is 0 Å². The average Bonchev–Trinajstić information content (AvgIpc) is 3.29. The number of benzene rings is 1. The van der Waals surface area contributed by atoms with Gasteiger partial charge in [0.25, 0.3) is 5.91 Å². The fourth-order valence-corrected chi connectivity index (χ4v) is 5.03. The van der Waals surface area contributed by atoms with E-state index in [2.05, 4.69) is 5.32 Å². The van der Waals surface area contributed by atoms with Crippen molar-refractivity contribution in [3.05, 3.63) is 59.0 Å². The second-order valence-electron chi connectivity index (χ2n) is 7.60. The van der Waals surface area contributed by atoms with Crippen LogP contribution in [0, 0.1) is 6.92 Å². The molecule has 0 unspecified atom stereocenters. The molecule has 2 aromatic rings. The van der Waals surface area contributed by atoms with E-state index in [4.69, 9.17) is 4.42 Å². The lowest BCUT2D eigenvalue weighted by Crippen LogP contribution is -3.10. The number of aryl methyl sites for hydroxylation is 1. The van der Waals surface area contributed by atoms with Crippen LogP contribution < -0.4 is 10.2 Å². The number of hydrogen-bond donors (Lipinski definition) is 2. The Balaban J connectivity index is 1.47. The highest BCUT2D eigenvalue weighted by Gasteiger charge is 2.18. The van der Waals surface area contributed by atoms with Crippen molar-refractivity contribution in [1.29, 1.82) is 0 Å². The zero-order valence-corrected chi connectivity index (χ0v) is 17.2. The van der Waals surface area contributed by atoms with Gasteiger partial charge in [-0.3, -0.25) is 4.79 Å². The van der Waals surface area contributed by atoms with Crippen molar-refractivity contribution < 1.29 is 22.5 Å². The summed E-state index contributed by atoms with van der Waals surface area (Å²) in [6.45, 7) is 6.06. The molecule has 1 saturated heterocycles. The Bertz CT molecular complexity index is 899. The Morgan fingerprint density at radius 1 is 1.14 bits per heavy atom. The molecule has 152 valence electrons. The van der Waals surface area contributed by atoms with Gasteiger partial charge in [0.05, 0.1) is 25.4 Å². The number of sulfone groups is 1. The highest BCUT2D eigenvalue weighted by atomic mass is 32.2. The second-order valence-corrected chi connectivity index (χ2v) is 9.67. The molecule has 0 saturated carbocycles. The number of carbonyl (C=O) groups is 1. The molecule has 1 aliphatic heterocycles. The number of amides is 1. The van der Waals surface area contributed by atoms with E-state index in [0.29, 0.717) is 12.3 Å². The third-order valence-corrected chi connectivity index (χ3v) is 6.52. The molecule has 0 spiro atoms. The minimum atomic E-state index is -3.38. The molecule has 28 heavy (non-hydrogen) atoms. The summed E-state index contributed by atoms with van der Waals surface area (Å²) < 4.78 is 30.3. The molecule has 2 N–H and O–H groups in total. The van der Waals surface area contributed by atoms with Crippen molar-refractivity contribution in [3.8, 4) is 0 Å². The van der Waals surface area contributed by atoms with Crippen LogP contribution in [0.1, 0.15) is 46.7 Å². The zero-order chi connectivity index (χ0) is 20.0. The van der Waals surface area contributed by atoms with Crippen LogP contribution in [0.15, 0.2) is 40.8 Å². The van der Waals surface area contributed by atoms with Crippen molar-refractivity contribution in [2.45, 2.75) is 37.7 Å². The highest BCUT2D eigenvalue weighted by molar-refractivity contribution is 7.89. The first kappa shape index (κ1) is 20.6. The summed E-state index contributed by atoms with van der Waals surface area (Å²) >= 11 is 0. The SMILES string of the molecule is Cc1cccc(CS(=O)(=O)Cc2ccc(C(=O)NCCC[NH+]3CCCC3)o2)c1. The van der Waals surface area contributed by atoms with E-state index in [9.17, 15) is 13.2 Å². The van der Waals surface area contributed by atoms with Crippen molar-refractivity contribution in [2.75, 3.05) is 26.2 Å². The molecule has 1 aromatic carbocycles. The number of hydrogen-bond acceptors (Lipinski definition) is 4. The van der Waals surface area contributed by atoms with Crippen LogP contribution in [0.5, 0.6) is 0 Å². The average molecular weight is 406 g/mol. The highest BCUT2D eigenvalue weighted by Crippen LogP contribution is 2.16. The van der Waals surface area contributed by atoms with Gasteiger partial charge in [-0.15, -0.1) is 0 Å². The van der Waals surface area contributed by atoms with Crippen LogP contribution in [-0.4, -0.2) is 40.5 Å². The standard InChI is InChI=1S/C21H28N2O4S/c1-17-6-4-7-18(14-17)15-28(25,26)16-19-8-9-20(27-19)21(24)22-10-5-13-23-11-2-3-12-23/h4,6-9,14H,2-3,5,10-13,15-16H2,1H3,(H,22,24)/p+1. The Morgan fingerprint density at radius 2 is 1.93 bits per heavy atom. The number of likely N-dealkylation sites (tertiary alicyclic amines) is 1. The number of quaternary nitrogens is 1. The first-order valence-electron chi connectivity index (χ1n) is 9.88. The lowest BCUT2D eigenvalue weighted by Gasteiger charge is -2.11. The minimum Gasteiger partial charge on any atom is -0.455 e. The molecule has 0 radical (unpaired) electrons. The predicted octanol–water partition coefficient (Wildman–Crippen LogP) is 1.50. The van der Waals surface area contributed by atoms with Gasteiger partial charge in [0, 0.05) is 25.8 Å². The van der Waals surface area contributed by atoms with Crippen LogP contribution in [0.25, 0.3) is 0 Å². The van der Waals surface area contributed by atoms with Gasteiger partial charge >= 0.3 is 0 Å². The molecule has 1 fully saturated rings. The third kappa shape index (κ3) is 6.21. The van der Waals surface area contributed by atoms with E-state index in [-0.39, 0.29) is 23.2 Å². The van der Waals surface area contributed by atoms with Crippen LogP contribution in [0.3, 0.4) is 0 Å². The molecule has 1 aromatic heterocycles. The summed E-state index contributed by atoms with van der Waals surface area (Å²) in [6.07, 6.45) is 3.52. The van der Waals surface area contributed by atoms with Crippen LogP contribution in [0.4, 0.5) is 0 Å². The summed E-state index contributed by atoms with van der Waals surface area (Å²) in [4.78, 5) is 13.8. The minimum absolute atomic E-state index is 0.0459. The fourth-order valence-electron chi connectivity index (χ4n) is 3.65. The number of furan rings is 1. The topological polar surface area (TPSA) is 80.8 Å². The quantitative estimate of drug-likeness (QED) is 0.620. The monoisotopic (exact) mass is 405 g/mol. The second kappa shape index (κ2) is 9.39. The predicted molar refractivity (Wildman–Crippen MR) is 108 cm³/mol. The van der Waals surface area contributed by atoms with E-state index in [1.807, 2.05) is 25.1 Å². The number of rotatable bonds is 9. The Kier molecular flexibility index (Phi) is 6.91. The summed E-state index contributed by atoms with van der Waals surface area (Å²) in [6, 6.07) is 10.5. The molecule has 7 heteroatoms. The van der Waals surface area contributed by atoms with Crippen molar-refractivity contribution >= 4 is 15.7 Å². The maximum atomic E-state index is 12.4. The molecule has 3 rings (SSSR count). The summed E-state index contributed by atoms with van der Waals surface area (Å²) in [7, 11) is -3.38. The lowest BCUT2D eigenvalue weighted by molar-refractivity contribution is -0.887. The molecular formula is C21H29N2O4S+. The van der Waals surface area contributed by atoms with E-state index in [1.165, 1.54) is 25.9 Å². The summed E-state index contributed by atoms with van der Waals surface area (Å²) in [5, 5.41) is 2.85. The fraction of sp³-hybridized carbons (Fsp3) is 0.476. The van der Waals surface area contributed by atoms with Gasteiger partial charge < -0.3 is 14.6 Å². The first-order chi connectivity index (χ1) is 13.4. The van der Waals surface area contributed by atoms with Crippen LogP contribution >= 0.6 is 0 Å². The van der Waals surface area contributed by atoms with E-state index >= 15 is 0 Å². The molecule has 2 heterocycles. The summed E-state index contributed by atoms with van der Waals surface area (Å²) in [5.41, 5.74) is 1.78. The first-order valence-corrected chi connectivity index (χ1v) is 11.7. The molecule has 0 atom stereocenters. The lowest BCUT2D eigenvalue weighted by atomic mass is 10.2. The van der Waals surface area contributed by atoms with E-state index in [0.717, 1.165) is 24.1 Å². The van der Waals surface area contributed by atoms with Gasteiger partial charge in [-0.05, 0) is 24.6 Å². The Labute approximate surface area is 166 Å². The van der Waals surface area contributed by atoms with Crippen molar-refractivity contribution in [1.82, 2.24) is 5.32 Å². The molecule has 1 aliphatic rings. The summed E-state index contributed by atoms with van der Waals surface area (Å²) in [5.74, 6) is -0.102. The Morgan fingerprint density at radius 3 is 2.68 bits per heavy atom. The maximum Gasteiger partial charge on any atom is 0.286 e. The molecule has 0 bridgehead atoms. The smallest absolute Gasteiger partial charge is 0.286 e. The number of nitrogens with one attached hydrogen (secondary N) is 2. The normalized spacial score (nSPS) is 15.0. The molecule has 1 amide bonds. The maximum absolute atomic E-state index is 12.4. The van der Waals surface area contributed by atoms with Gasteiger partial charge in [-0.25, -0.2) is 8.42 Å². The molecule has 0 aliphatic carbocycles. The van der Waals surface area contributed by atoms with Crippen LogP contribution in [-0.2, 0) is 21.3 Å². The van der Waals surface area contributed by atoms with Crippen molar-refractivity contribution in [3.63, 3.8) is 0 Å². The molecular weight excluding hydrogens is 376 g/mol. The van der Waals surface area contributed by atoms with Gasteiger partial charge in [0.1, 0.15) is 11.5 Å². The van der Waals surface area contributed by atoms with Gasteiger partial charge in [-0.2, -0.15) is 0 Å². The largest absolute Gasteiger partial charge is 0.455 e. The van der Waals surface area contributed by atoms with Gasteiger partial charge in [-0.1, -0.05) is 29.8 Å². The van der Waals surface area contributed by atoms with E-state index in [1.54, 1.807) is 23.1 Å². The Hall–Kier alpha value is -2.12. The van der Waals surface area contributed by atoms with Crippen LogP contribution in [0.2, 0.25) is 0 Å². The van der Waals surface area contributed by atoms with Gasteiger partial charge in [0.15, 0.2) is 15.6 Å².